The number of amides is 1. The van der Waals surface area contributed by atoms with Gasteiger partial charge in [-0.05, 0) is 65.2 Å². The van der Waals surface area contributed by atoms with Crippen molar-refractivity contribution >= 4 is 21.8 Å². The highest BCUT2D eigenvalue weighted by molar-refractivity contribution is 9.10. The molecule has 134 valence electrons. The monoisotopic (exact) mass is 407 g/mol. The lowest BCUT2D eigenvalue weighted by Crippen LogP contribution is -2.36. The second-order valence-corrected chi connectivity index (χ2v) is 6.46. The summed E-state index contributed by atoms with van der Waals surface area (Å²) in [6.45, 7) is 4.09. The van der Waals surface area contributed by atoms with Gasteiger partial charge in [-0.15, -0.1) is 0 Å². The third kappa shape index (κ3) is 5.13. The van der Waals surface area contributed by atoms with Gasteiger partial charge in [0.1, 0.15) is 5.75 Å². The molecular weight excluding hydrogens is 386 g/mol. The first-order chi connectivity index (χ1) is 11.9. The Balaban J connectivity index is 1.95. The van der Waals surface area contributed by atoms with Crippen molar-refractivity contribution in [3.05, 3.63) is 52.0 Å². The molecule has 2 aromatic rings. The van der Waals surface area contributed by atoms with Gasteiger partial charge in [-0.2, -0.15) is 0 Å². The third-order valence-electron chi connectivity index (χ3n) is 3.68. The molecule has 1 amide bonds. The number of hydrogen-bond donors (Lipinski definition) is 1. The lowest BCUT2D eigenvalue weighted by Gasteiger charge is -2.16. The van der Waals surface area contributed by atoms with Crippen LogP contribution in [0.1, 0.15) is 18.1 Å². The Bertz CT molecular complexity index is 748. The summed E-state index contributed by atoms with van der Waals surface area (Å²) >= 11 is 3.45. The van der Waals surface area contributed by atoms with Crippen LogP contribution in [0, 0.1) is 6.92 Å². The minimum Gasteiger partial charge on any atom is -0.493 e. The molecule has 1 N–H and O–H groups in total. The number of halogens is 1. The molecule has 0 aliphatic carbocycles. The van der Waals surface area contributed by atoms with Crippen LogP contribution in [0.15, 0.2) is 40.9 Å². The predicted octanol–water partition coefficient (Wildman–Crippen LogP) is 3.86. The number of ether oxygens (including phenoxy) is 3. The van der Waals surface area contributed by atoms with Gasteiger partial charge in [0, 0.05) is 6.54 Å². The van der Waals surface area contributed by atoms with Gasteiger partial charge < -0.3 is 19.5 Å². The van der Waals surface area contributed by atoms with Crippen molar-refractivity contribution < 1.29 is 19.0 Å². The topological polar surface area (TPSA) is 56.8 Å². The smallest absolute Gasteiger partial charge is 0.261 e. The first-order valence-corrected chi connectivity index (χ1v) is 8.65. The van der Waals surface area contributed by atoms with Gasteiger partial charge in [0.2, 0.25) is 0 Å². The van der Waals surface area contributed by atoms with Gasteiger partial charge in [0.15, 0.2) is 17.6 Å². The molecule has 0 spiro atoms. The quantitative estimate of drug-likeness (QED) is 0.756. The van der Waals surface area contributed by atoms with Crippen LogP contribution < -0.4 is 19.5 Å². The fraction of sp³-hybridized carbons (Fsp3) is 0.316. The second-order valence-electron chi connectivity index (χ2n) is 5.60. The van der Waals surface area contributed by atoms with Crippen LogP contribution in [0.5, 0.6) is 17.2 Å². The van der Waals surface area contributed by atoms with Gasteiger partial charge >= 0.3 is 0 Å². The summed E-state index contributed by atoms with van der Waals surface area (Å²) in [4.78, 5) is 12.3. The Kier molecular flexibility index (Phi) is 6.70. The van der Waals surface area contributed by atoms with E-state index in [4.69, 9.17) is 14.2 Å². The number of rotatable bonds is 7. The summed E-state index contributed by atoms with van der Waals surface area (Å²) in [5, 5.41) is 2.86. The van der Waals surface area contributed by atoms with E-state index in [9.17, 15) is 4.79 Å². The second kappa shape index (κ2) is 8.76. The molecule has 0 saturated carbocycles. The van der Waals surface area contributed by atoms with E-state index < -0.39 is 6.10 Å². The molecule has 1 atom stereocenters. The molecule has 2 rings (SSSR count). The maximum absolute atomic E-state index is 12.3. The number of benzene rings is 2. The number of nitrogens with one attached hydrogen (secondary N) is 1. The van der Waals surface area contributed by atoms with Crippen molar-refractivity contribution in [3.63, 3.8) is 0 Å². The van der Waals surface area contributed by atoms with E-state index in [1.807, 2.05) is 43.3 Å². The molecule has 1 unspecified atom stereocenters. The number of carbonyl (C=O) groups excluding carboxylic acids is 1. The highest BCUT2D eigenvalue weighted by Gasteiger charge is 2.16. The van der Waals surface area contributed by atoms with Gasteiger partial charge in [0.05, 0.1) is 18.7 Å². The number of carbonyl (C=O) groups is 1. The summed E-state index contributed by atoms with van der Waals surface area (Å²) in [7, 11) is 3.16. The first kappa shape index (κ1) is 19.1. The zero-order valence-electron chi connectivity index (χ0n) is 14.8. The average Bonchev–Trinajstić information content (AvgIpc) is 2.61. The highest BCUT2D eigenvalue weighted by atomic mass is 79.9. The van der Waals surface area contributed by atoms with Crippen molar-refractivity contribution in [2.24, 2.45) is 0 Å². The van der Waals surface area contributed by atoms with E-state index in [0.29, 0.717) is 23.8 Å². The first-order valence-electron chi connectivity index (χ1n) is 7.86. The van der Waals surface area contributed by atoms with Crippen LogP contribution in [0.4, 0.5) is 0 Å². The molecule has 0 aliphatic heterocycles. The van der Waals surface area contributed by atoms with Crippen LogP contribution in [0.2, 0.25) is 0 Å². The highest BCUT2D eigenvalue weighted by Crippen LogP contribution is 2.28. The molecule has 5 nitrogen and oxygen atoms in total. The minimum absolute atomic E-state index is 0.192. The Morgan fingerprint density at radius 3 is 2.40 bits per heavy atom. The third-order valence-corrected chi connectivity index (χ3v) is 4.29. The lowest BCUT2D eigenvalue weighted by atomic mass is 10.2. The standard InChI is InChI=1S/C19H22BrNO4/c1-12-5-7-16(15(20)9-12)25-13(2)19(22)21-11-14-6-8-17(23-3)18(10-14)24-4/h5-10,13H,11H2,1-4H3,(H,21,22). The minimum atomic E-state index is -0.612. The maximum Gasteiger partial charge on any atom is 0.261 e. The van der Waals surface area contributed by atoms with Gasteiger partial charge in [-0.3, -0.25) is 4.79 Å². The van der Waals surface area contributed by atoms with Crippen LogP contribution in [-0.2, 0) is 11.3 Å². The number of hydrogen-bond acceptors (Lipinski definition) is 4. The molecule has 6 heteroatoms. The van der Waals surface area contributed by atoms with E-state index in [2.05, 4.69) is 21.2 Å². The number of aryl methyl sites for hydroxylation is 1. The molecule has 0 saturated heterocycles. The summed E-state index contributed by atoms with van der Waals surface area (Å²) in [5.41, 5.74) is 2.03. The molecular formula is C19H22BrNO4. The van der Waals surface area contributed by atoms with Crippen LogP contribution >= 0.6 is 15.9 Å². The van der Waals surface area contributed by atoms with Crippen molar-refractivity contribution in [3.8, 4) is 17.2 Å². The predicted molar refractivity (Wildman–Crippen MR) is 100 cm³/mol. The molecule has 0 fully saturated rings. The van der Waals surface area contributed by atoms with Gasteiger partial charge in [-0.1, -0.05) is 12.1 Å². The van der Waals surface area contributed by atoms with E-state index in [1.54, 1.807) is 21.1 Å². The summed E-state index contributed by atoms with van der Waals surface area (Å²) in [5.74, 6) is 1.72. The largest absolute Gasteiger partial charge is 0.493 e. The molecule has 0 aliphatic rings. The normalized spacial score (nSPS) is 11.6. The zero-order valence-corrected chi connectivity index (χ0v) is 16.3. The molecule has 0 bridgehead atoms. The number of methoxy groups -OCH3 is 2. The van der Waals surface area contributed by atoms with Crippen LogP contribution in [0.25, 0.3) is 0 Å². The van der Waals surface area contributed by atoms with E-state index in [1.165, 1.54) is 0 Å². The van der Waals surface area contributed by atoms with Crippen LogP contribution in [-0.4, -0.2) is 26.2 Å². The Morgan fingerprint density at radius 1 is 1.08 bits per heavy atom. The SMILES string of the molecule is COc1ccc(CNC(=O)C(C)Oc2ccc(C)cc2Br)cc1OC. The Morgan fingerprint density at radius 2 is 1.76 bits per heavy atom. The van der Waals surface area contributed by atoms with Crippen molar-refractivity contribution in [1.82, 2.24) is 5.32 Å². The van der Waals surface area contributed by atoms with E-state index in [0.717, 1.165) is 15.6 Å². The average molecular weight is 408 g/mol. The summed E-state index contributed by atoms with van der Waals surface area (Å²) in [6, 6.07) is 11.3. The van der Waals surface area contributed by atoms with E-state index >= 15 is 0 Å². The van der Waals surface area contributed by atoms with E-state index in [-0.39, 0.29) is 5.91 Å². The summed E-state index contributed by atoms with van der Waals surface area (Å²) in [6.07, 6.45) is -0.612. The molecule has 2 aromatic carbocycles. The molecule has 0 aromatic heterocycles. The summed E-state index contributed by atoms with van der Waals surface area (Å²) < 4.78 is 17.0. The maximum atomic E-state index is 12.3. The molecule has 25 heavy (non-hydrogen) atoms. The van der Waals surface area contributed by atoms with Crippen molar-refractivity contribution in [2.45, 2.75) is 26.5 Å². The van der Waals surface area contributed by atoms with Crippen molar-refractivity contribution in [1.29, 1.82) is 0 Å². The van der Waals surface area contributed by atoms with Crippen molar-refractivity contribution in [2.75, 3.05) is 14.2 Å². The molecule has 0 radical (unpaired) electrons. The molecule has 0 heterocycles. The van der Waals surface area contributed by atoms with Gasteiger partial charge in [0.25, 0.3) is 5.91 Å². The fourth-order valence-corrected chi connectivity index (χ4v) is 2.86. The Hall–Kier alpha value is -2.21. The zero-order chi connectivity index (χ0) is 18.4. The lowest BCUT2D eigenvalue weighted by molar-refractivity contribution is -0.127. The Labute approximate surface area is 156 Å². The van der Waals surface area contributed by atoms with Gasteiger partial charge in [-0.25, -0.2) is 0 Å². The fourth-order valence-electron chi connectivity index (χ4n) is 2.27. The van der Waals surface area contributed by atoms with Crippen LogP contribution in [0.3, 0.4) is 0 Å².